The molecule has 3 nitrogen and oxygen atoms in total. The number of nitrogens with one attached hydrogen (secondary N) is 1. The SMILES string of the molecule is CC[C@@H](CO)NC(=O)c1ccc(C)cc1Cl. The third-order valence-corrected chi connectivity index (χ3v) is 2.73. The van der Waals surface area contributed by atoms with E-state index in [4.69, 9.17) is 16.7 Å². The molecule has 0 aliphatic rings. The molecule has 1 rings (SSSR count). The fourth-order valence-electron chi connectivity index (χ4n) is 1.34. The van der Waals surface area contributed by atoms with E-state index in [1.54, 1.807) is 12.1 Å². The molecule has 4 heteroatoms. The van der Waals surface area contributed by atoms with Crippen molar-refractivity contribution >= 4 is 17.5 Å². The van der Waals surface area contributed by atoms with Gasteiger partial charge in [-0.15, -0.1) is 0 Å². The molecule has 0 aromatic heterocycles. The maximum Gasteiger partial charge on any atom is 0.253 e. The molecule has 1 amide bonds. The van der Waals surface area contributed by atoms with Crippen molar-refractivity contribution in [2.24, 2.45) is 0 Å². The summed E-state index contributed by atoms with van der Waals surface area (Å²) in [7, 11) is 0. The van der Waals surface area contributed by atoms with Crippen LogP contribution in [0.15, 0.2) is 18.2 Å². The van der Waals surface area contributed by atoms with Crippen molar-refractivity contribution in [3.63, 3.8) is 0 Å². The third-order valence-electron chi connectivity index (χ3n) is 2.42. The van der Waals surface area contributed by atoms with Gasteiger partial charge in [0.05, 0.1) is 23.2 Å². The highest BCUT2D eigenvalue weighted by Gasteiger charge is 2.13. The van der Waals surface area contributed by atoms with Gasteiger partial charge in [0.15, 0.2) is 0 Å². The summed E-state index contributed by atoms with van der Waals surface area (Å²) in [5.41, 5.74) is 1.45. The van der Waals surface area contributed by atoms with Gasteiger partial charge in [-0.3, -0.25) is 4.79 Å². The summed E-state index contributed by atoms with van der Waals surface area (Å²) in [5.74, 6) is -0.245. The molecule has 1 aromatic carbocycles. The maximum absolute atomic E-state index is 11.8. The Bertz CT molecular complexity index is 375. The van der Waals surface area contributed by atoms with Crippen LogP contribution in [0, 0.1) is 6.92 Å². The molecule has 0 saturated heterocycles. The fraction of sp³-hybridized carbons (Fsp3) is 0.417. The van der Waals surface area contributed by atoms with E-state index < -0.39 is 0 Å². The average molecular weight is 242 g/mol. The molecule has 0 bridgehead atoms. The van der Waals surface area contributed by atoms with Crippen LogP contribution < -0.4 is 5.32 Å². The minimum Gasteiger partial charge on any atom is -0.394 e. The summed E-state index contributed by atoms with van der Waals surface area (Å²) >= 11 is 5.97. The molecule has 16 heavy (non-hydrogen) atoms. The van der Waals surface area contributed by atoms with E-state index in [1.165, 1.54) is 0 Å². The summed E-state index contributed by atoms with van der Waals surface area (Å²) in [6.07, 6.45) is 0.686. The Hall–Kier alpha value is -1.06. The van der Waals surface area contributed by atoms with E-state index in [9.17, 15) is 4.79 Å². The Balaban J connectivity index is 2.80. The van der Waals surface area contributed by atoms with Crippen LogP contribution in [0.5, 0.6) is 0 Å². The Morgan fingerprint density at radius 3 is 2.75 bits per heavy atom. The first-order valence-electron chi connectivity index (χ1n) is 5.26. The number of benzene rings is 1. The molecule has 2 N–H and O–H groups in total. The second-order valence-electron chi connectivity index (χ2n) is 3.74. The number of aliphatic hydroxyl groups excluding tert-OH is 1. The van der Waals surface area contributed by atoms with Crippen molar-refractivity contribution in [3.05, 3.63) is 34.3 Å². The molecular weight excluding hydrogens is 226 g/mol. The number of aryl methyl sites for hydroxylation is 1. The number of carbonyl (C=O) groups excluding carboxylic acids is 1. The number of aliphatic hydroxyl groups is 1. The molecular formula is C12H16ClNO2. The fourth-order valence-corrected chi connectivity index (χ4v) is 1.67. The quantitative estimate of drug-likeness (QED) is 0.849. The van der Waals surface area contributed by atoms with Crippen LogP contribution in [-0.4, -0.2) is 23.7 Å². The van der Waals surface area contributed by atoms with Gasteiger partial charge in [0, 0.05) is 0 Å². The molecule has 0 spiro atoms. The van der Waals surface area contributed by atoms with E-state index in [2.05, 4.69) is 5.32 Å². The highest BCUT2D eigenvalue weighted by Crippen LogP contribution is 2.17. The number of amides is 1. The molecule has 88 valence electrons. The van der Waals surface area contributed by atoms with E-state index in [0.717, 1.165) is 5.56 Å². The number of hydrogen-bond donors (Lipinski definition) is 2. The van der Waals surface area contributed by atoms with E-state index in [-0.39, 0.29) is 18.6 Å². The van der Waals surface area contributed by atoms with Crippen molar-refractivity contribution < 1.29 is 9.90 Å². The average Bonchev–Trinajstić information content (AvgIpc) is 2.25. The van der Waals surface area contributed by atoms with Gasteiger partial charge in [0.1, 0.15) is 0 Å². The van der Waals surface area contributed by atoms with Gasteiger partial charge in [-0.05, 0) is 31.0 Å². The molecule has 0 radical (unpaired) electrons. The minimum atomic E-state index is -0.245. The second-order valence-corrected chi connectivity index (χ2v) is 4.15. The lowest BCUT2D eigenvalue weighted by Gasteiger charge is -2.14. The van der Waals surface area contributed by atoms with Crippen molar-refractivity contribution in [1.29, 1.82) is 0 Å². The van der Waals surface area contributed by atoms with Gasteiger partial charge in [-0.2, -0.15) is 0 Å². The van der Waals surface area contributed by atoms with Gasteiger partial charge < -0.3 is 10.4 Å². The second kappa shape index (κ2) is 5.87. The van der Waals surface area contributed by atoms with E-state index in [0.29, 0.717) is 17.0 Å². The zero-order valence-corrected chi connectivity index (χ0v) is 10.2. The molecule has 0 aliphatic carbocycles. The maximum atomic E-state index is 11.8. The number of rotatable bonds is 4. The molecule has 1 atom stereocenters. The van der Waals surface area contributed by atoms with E-state index >= 15 is 0 Å². The zero-order valence-electron chi connectivity index (χ0n) is 9.46. The van der Waals surface area contributed by atoms with Crippen molar-refractivity contribution in [2.75, 3.05) is 6.61 Å². The van der Waals surface area contributed by atoms with Crippen LogP contribution in [-0.2, 0) is 0 Å². The molecule has 0 fully saturated rings. The Kier molecular flexibility index (Phi) is 4.77. The highest BCUT2D eigenvalue weighted by atomic mass is 35.5. The van der Waals surface area contributed by atoms with Gasteiger partial charge in [0.2, 0.25) is 0 Å². The molecule has 0 aliphatic heterocycles. The third kappa shape index (κ3) is 3.22. The zero-order chi connectivity index (χ0) is 12.1. The van der Waals surface area contributed by atoms with Crippen LogP contribution in [0.25, 0.3) is 0 Å². The molecule has 0 unspecified atom stereocenters. The van der Waals surface area contributed by atoms with Crippen LogP contribution in [0.3, 0.4) is 0 Å². The smallest absolute Gasteiger partial charge is 0.253 e. The first kappa shape index (κ1) is 13.0. The lowest BCUT2D eigenvalue weighted by Crippen LogP contribution is -2.37. The normalized spacial score (nSPS) is 12.2. The van der Waals surface area contributed by atoms with Crippen LogP contribution >= 0.6 is 11.6 Å². The molecule has 0 saturated carbocycles. The van der Waals surface area contributed by atoms with Crippen molar-refractivity contribution in [3.8, 4) is 0 Å². The monoisotopic (exact) mass is 241 g/mol. The van der Waals surface area contributed by atoms with Gasteiger partial charge in [-0.1, -0.05) is 24.6 Å². The number of carbonyl (C=O) groups is 1. The van der Waals surface area contributed by atoms with Crippen molar-refractivity contribution in [2.45, 2.75) is 26.3 Å². The first-order chi connectivity index (χ1) is 7.58. The van der Waals surface area contributed by atoms with Crippen LogP contribution in [0.2, 0.25) is 5.02 Å². The number of hydrogen-bond acceptors (Lipinski definition) is 2. The van der Waals surface area contributed by atoms with E-state index in [1.807, 2.05) is 19.9 Å². The van der Waals surface area contributed by atoms with Crippen molar-refractivity contribution in [1.82, 2.24) is 5.32 Å². The predicted octanol–water partition coefficient (Wildman–Crippen LogP) is 2.15. The highest BCUT2D eigenvalue weighted by molar-refractivity contribution is 6.33. The van der Waals surface area contributed by atoms with Gasteiger partial charge >= 0.3 is 0 Å². The predicted molar refractivity (Wildman–Crippen MR) is 64.8 cm³/mol. The molecule has 1 aromatic rings. The standard InChI is InChI=1S/C12H16ClNO2/c1-3-9(7-15)14-12(16)10-5-4-8(2)6-11(10)13/h4-6,9,15H,3,7H2,1-2H3,(H,14,16)/t9-/m0/s1. The van der Waals surface area contributed by atoms with Crippen LogP contribution in [0.1, 0.15) is 29.3 Å². The summed E-state index contributed by atoms with van der Waals surface area (Å²) in [5, 5.41) is 12.1. The van der Waals surface area contributed by atoms with Gasteiger partial charge in [0.25, 0.3) is 5.91 Å². The van der Waals surface area contributed by atoms with Crippen LogP contribution in [0.4, 0.5) is 0 Å². The topological polar surface area (TPSA) is 49.3 Å². The lowest BCUT2D eigenvalue weighted by molar-refractivity contribution is 0.0915. The summed E-state index contributed by atoms with van der Waals surface area (Å²) in [4.78, 5) is 11.8. The summed E-state index contributed by atoms with van der Waals surface area (Å²) in [6, 6.07) is 5.05. The summed E-state index contributed by atoms with van der Waals surface area (Å²) in [6.45, 7) is 3.75. The Morgan fingerprint density at radius 1 is 1.56 bits per heavy atom. The molecule has 0 heterocycles. The minimum absolute atomic E-state index is 0.0638. The van der Waals surface area contributed by atoms with Gasteiger partial charge in [-0.25, -0.2) is 0 Å². The Morgan fingerprint density at radius 2 is 2.25 bits per heavy atom. The first-order valence-corrected chi connectivity index (χ1v) is 5.64. The largest absolute Gasteiger partial charge is 0.394 e. The lowest BCUT2D eigenvalue weighted by atomic mass is 10.1. The Labute approximate surface area is 100 Å². The number of halogens is 1. The summed E-state index contributed by atoms with van der Waals surface area (Å²) < 4.78 is 0.